The molecule has 7 heteroatoms. The van der Waals surface area contributed by atoms with Crippen LogP contribution in [0.4, 0.5) is 0 Å². The Morgan fingerprint density at radius 3 is 2.52 bits per heavy atom. The molecule has 0 spiro atoms. The third kappa shape index (κ3) is 4.24. The fourth-order valence-corrected chi connectivity index (χ4v) is 3.44. The van der Waals surface area contributed by atoms with E-state index in [1.807, 2.05) is 12.1 Å². The fraction of sp³-hybridized carbons (Fsp3) is 0.333. The number of rotatable bonds is 7. The summed E-state index contributed by atoms with van der Waals surface area (Å²) < 4.78 is 43.1. The molecular weight excluding hydrogens is 342 g/mol. The number of ether oxygens (including phenoxy) is 3. The first-order valence-electron chi connectivity index (χ1n) is 8.08. The molecule has 0 saturated carbocycles. The summed E-state index contributed by atoms with van der Waals surface area (Å²) in [5, 5.41) is 0. The largest absolute Gasteiger partial charge is 0.492 e. The van der Waals surface area contributed by atoms with Gasteiger partial charge in [0.25, 0.3) is 0 Å². The number of hydrogen-bond donors (Lipinski definition) is 1. The van der Waals surface area contributed by atoms with Gasteiger partial charge in [0, 0.05) is 12.6 Å². The van der Waals surface area contributed by atoms with Crippen molar-refractivity contribution in [1.82, 2.24) is 4.72 Å². The van der Waals surface area contributed by atoms with E-state index in [1.165, 1.54) is 0 Å². The topological polar surface area (TPSA) is 73.9 Å². The highest BCUT2D eigenvalue weighted by Crippen LogP contribution is 2.34. The lowest BCUT2D eigenvalue weighted by molar-refractivity contribution is 0.173. The molecule has 0 aliphatic carbocycles. The molecule has 0 saturated heterocycles. The molecule has 0 unspecified atom stereocenters. The molecule has 0 fully saturated rings. The van der Waals surface area contributed by atoms with E-state index < -0.39 is 10.0 Å². The Morgan fingerprint density at radius 1 is 1.08 bits per heavy atom. The zero-order chi connectivity index (χ0) is 17.9. The van der Waals surface area contributed by atoms with Crippen LogP contribution in [-0.4, -0.2) is 28.4 Å². The minimum Gasteiger partial charge on any atom is -0.492 e. The summed E-state index contributed by atoms with van der Waals surface area (Å²) >= 11 is 0. The lowest BCUT2D eigenvalue weighted by Crippen LogP contribution is -2.28. The molecule has 1 heterocycles. The van der Waals surface area contributed by atoms with Crippen LogP contribution < -0.4 is 18.9 Å². The predicted octanol–water partition coefficient (Wildman–Crippen LogP) is 2.90. The maximum Gasteiger partial charge on any atom is 0.240 e. The molecule has 25 heavy (non-hydrogen) atoms. The molecule has 2 aromatic rings. The summed E-state index contributed by atoms with van der Waals surface area (Å²) in [6.07, 6.45) is 0. The molecule has 0 bridgehead atoms. The van der Waals surface area contributed by atoms with E-state index in [0.717, 1.165) is 5.56 Å². The van der Waals surface area contributed by atoms with Crippen LogP contribution >= 0.6 is 0 Å². The number of sulfonamides is 1. The lowest BCUT2D eigenvalue weighted by Gasteiger charge is -2.10. The van der Waals surface area contributed by atoms with Crippen LogP contribution in [0.25, 0.3) is 0 Å². The van der Waals surface area contributed by atoms with Gasteiger partial charge in [0.15, 0.2) is 11.5 Å². The maximum absolute atomic E-state index is 12.3. The SMILES string of the molecule is CC(C)c1ccc(S(=O)(=O)NCCOc2ccc3c(c2)OCO3)cc1. The summed E-state index contributed by atoms with van der Waals surface area (Å²) in [6, 6.07) is 12.2. The fourth-order valence-electron chi connectivity index (χ4n) is 2.43. The molecule has 6 nitrogen and oxygen atoms in total. The second kappa shape index (κ2) is 7.33. The molecule has 0 aromatic heterocycles. The molecular formula is C18H21NO5S. The summed E-state index contributed by atoms with van der Waals surface area (Å²) in [4.78, 5) is 0.250. The molecule has 2 aromatic carbocycles. The Morgan fingerprint density at radius 2 is 1.80 bits per heavy atom. The maximum atomic E-state index is 12.3. The second-order valence-corrected chi connectivity index (χ2v) is 7.75. The monoisotopic (exact) mass is 363 g/mol. The van der Waals surface area contributed by atoms with Crippen molar-refractivity contribution in [3.63, 3.8) is 0 Å². The third-order valence-corrected chi connectivity index (χ3v) is 5.34. The van der Waals surface area contributed by atoms with Crippen molar-refractivity contribution in [2.75, 3.05) is 19.9 Å². The van der Waals surface area contributed by atoms with Crippen LogP contribution in [-0.2, 0) is 10.0 Å². The average molecular weight is 363 g/mol. The second-order valence-electron chi connectivity index (χ2n) is 5.99. The van der Waals surface area contributed by atoms with Crippen molar-refractivity contribution in [3.05, 3.63) is 48.0 Å². The van der Waals surface area contributed by atoms with Crippen LogP contribution in [0, 0.1) is 0 Å². The van der Waals surface area contributed by atoms with Gasteiger partial charge in [-0.05, 0) is 35.7 Å². The van der Waals surface area contributed by atoms with Crippen molar-refractivity contribution in [2.24, 2.45) is 0 Å². The predicted molar refractivity (Wildman–Crippen MR) is 93.8 cm³/mol. The van der Waals surface area contributed by atoms with Gasteiger partial charge in [-0.3, -0.25) is 0 Å². The van der Waals surface area contributed by atoms with Crippen molar-refractivity contribution in [2.45, 2.75) is 24.7 Å². The summed E-state index contributed by atoms with van der Waals surface area (Å²) in [5.74, 6) is 2.27. The first-order chi connectivity index (χ1) is 12.0. The van der Waals surface area contributed by atoms with Gasteiger partial charge in [0.1, 0.15) is 12.4 Å². The highest BCUT2D eigenvalue weighted by molar-refractivity contribution is 7.89. The number of benzene rings is 2. The van der Waals surface area contributed by atoms with E-state index in [4.69, 9.17) is 14.2 Å². The highest BCUT2D eigenvalue weighted by atomic mass is 32.2. The summed E-state index contributed by atoms with van der Waals surface area (Å²) in [7, 11) is -3.54. The van der Waals surface area contributed by atoms with Gasteiger partial charge in [0.2, 0.25) is 16.8 Å². The standard InChI is InChI=1S/C18H21NO5S/c1-13(2)14-3-6-16(7-4-14)25(20,21)19-9-10-22-15-5-8-17-18(11-15)24-12-23-17/h3-8,11,13,19H,9-10,12H2,1-2H3. The summed E-state index contributed by atoms with van der Waals surface area (Å²) in [5.41, 5.74) is 1.10. The molecule has 0 atom stereocenters. The smallest absolute Gasteiger partial charge is 0.240 e. The average Bonchev–Trinajstić information content (AvgIpc) is 3.06. The third-order valence-electron chi connectivity index (χ3n) is 3.86. The molecule has 0 radical (unpaired) electrons. The van der Waals surface area contributed by atoms with E-state index >= 15 is 0 Å². The Bertz CT molecular complexity index is 831. The zero-order valence-corrected chi connectivity index (χ0v) is 15.0. The minimum absolute atomic E-state index is 0.169. The number of fused-ring (bicyclic) bond motifs is 1. The van der Waals surface area contributed by atoms with Crippen LogP contribution in [0.15, 0.2) is 47.4 Å². The normalized spacial score (nSPS) is 13.2. The molecule has 134 valence electrons. The van der Waals surface area contributed by atoms with Gasteiger partial charge in [-0.2, -0.15) is 0 Å². The van der Waals surface area contributed by atoms with Gasteiger partial charge in [-0.15, -0.1) is 0 Å². The molecule has 1 N–H and O–H groups in total. The van der Waals surface area contributed by atoms with E-state index in [-0.39, 0.29) is 24.8 Å². The Labute approximate surface area is 147 Å². The van der Waals surface area contributed by atoms with Gasteiger partial charge in [0.05, 0.1) is 4.90 Å². The molecule has 1 aliphatic heterocycles. The molecule has 3 rings (SSSR count). The molecule has 0 amide bonds. The number of nitrogens with one attached hydrogen (secondary N) is 1. The van der Waals surface area contributed by atoms with Gasteiger partial charge in [-0.1, -0.05) is 26.0 Å². The van der Waals surface area contributed by atoms with Crippen molar-refractivity contribution < 1.29 is 22.6 Å². The quantitative estimate of drug-likeness (QED) is 0.766. The van der Waals surface area contributed by atoms with Crippen molar-refractivity contribution in [3.8, 4) is 17.2 Å². The summed E-state index contributed by atoms with van der Waals surface area (Å²) in [6.45, 7) is 4.71. The van der Waals surface area contributed by atoms with Crippen LogP contribution in [0.5, 0.6) is 17.2 Å². The van der Waals surface area contributed by atoms with Crippen molar-refractivity contribution in [1.29, 1.82) is 0 Å². The van der Waals surface area contributed by atoms with Crippen LogP contribution in [0.3, 0.4) is 0 Å². The Hall–Kier alpha value is -2.25. The van der Waals surface area contributed by atoms with Gasteiger partial charge >= 0.3 is 0 Å². The van der Waals surface area contributed by atoms with E-state index in [9.17, 15) is 8.42 Å². The number of hydrogen-bond acceptors (Lipinski definition) is 5. The van der Waals surface area contributed by atoms with E-state index in [0.29, 0.717) is 23.2 Å². The van der Waals surface area contributed by atoms with Crippen LogP contribution in [0.2, 0.25) is 0 Å². The Kier molecular flexibility index (Phi) is 5.15. The van der Waals surface area contributed by atoms with Gasteiger partial charge < -0.3 is 14.2 Å². The Balaban J connectivity index is 1.52. The lowest BCUT2D eigenvalue weighted by atomic mass is 10.0. The minimum atomic E-state index is -3.54. The molecule has 1 aliphatic rings. The first-order valence-corrected chi connectivity index (χ1v) is 9.56. The van der Waals surface area contributed by atoms with E-state index in [1.54, 1.807) is 30.3 Å². The van der Waals surface area contributed by atoms with E-state index in [2.05, 4.69) is 18.6 Å². The van der Waals surface area contributed by atoms with Gasteiger partial charge in [-0.25, -0.2) is 13.1 Å². The first kappa shape index (κ1) is 17.6. The van der Waals surface area contributed by atoms with Crippen molar-refractivity contribution >= 4 is 10.0 Å². The zero-order valence-electron chi connectivity index (χ0n) is 14.2. The highest BCUT2D eigenvalue weighted by Gasteiger charge is 2.15. The van der Waals surface area contributed by atoms with Crippen LogP contribution in [0.1, 0.15) is 25.3 Å².